The molecule has 0 fully saturated rings. The molecule has 0 aromatic heterocycles. The fraction of sp³-hybridized carbons (Fsp3) is 0.385. The van der Waals surface area contributed by atoms with Crippen molar-refractivity contribution >= 4 is 17.7 Å². The highest BCUT2D eigenvalue weighted by Gasteiger charge is 2.35. The molecule has 17 heavy (non-hydrogen) atoms. The zero-order valence-electron chi connectivity index (χ0n) is 10.1. The molecule has 0 aliphatic rings. The third-order valence-electron chi connectivity index (χ3n) is 2.45. The summed E-state index contributed by atoms with van der Waals surface area (Å²) in [6.07, 6.45) is 0. The molecule has 1 atom stereocenters. The first-order chi connectivity index (χ1) is 7.90. The first-order valence-electron chi connectivity index (χ1n) is 5.32. The normalized spacial score (nSPS) is 14.1. The second kappa shape index (κ2) is 5.24. The topological polar surface area (TPSA) is 61.1 Å². The standard InChI is InChI=1S/C13H15NO2S/c1-9(2)17-11-6-4-10(5-7-11)13(3,8-14)12(15)16/h4-7,9H,1-3H3,(H,15,16). The maximum atomic E-state index is 11.1. The van der Waals surface area contributed by atoms with Gasteiger partial charge in [-0.15, -0.1) is 11.8 Å². The quantitative estimate of drug-likeness (QED) is 0.833. The minimum Gasteiger partial charge on any atom is -0.480 e. The third-order valence-corrected chi connectivity index (χ3v) is 3.47. The van der Waals surface area contributed by atoms with Gasteiger partial charge < -0.3 is 5.11 Å². The molecule has 0 amide bonds. The number of nitrogens with zero attached hydrogens (tertiary/aromatic N) is 1. The molecule has 0 saturated heterocycles. The zero-order valence-corrected chi connectivity index (χ0v) is 10.9. The molecular formula is C13H15NO2S. The van der Waals surface area contributed by atoms with Gasteiger partial charge in [0, 0.05) is 10.1 Å². The van der Waals surface area contributed by atoms with Crippen LogP contribution in [0, 0.1) is 11.3 Å². The lowest BCUT2D eigenvalue weighted by molar-refractivity contribution is -0.141. The van der Waals surface area contributed by atoms with Crippen molar-refractivity contribution in [2.24, 2.45) is 0 Å². The Morgan fingerprint density at radius 3 is 2.29 bits per heavy atom. The van der Waals surface area contributed by atoms with Gasteiger partial charge in [-0.05, 0) is 24.6 Å². The number of rotatable bonds is 4. The van der Waals surface area contributed by atoms with Gasteiger partial charge in [0.15, 0.2) is 5.41 Å². The van der Waals surface area contributed by atoms with Crippen LogP contribution in [0.4, 0.5) is 0 Å². The van der Waals surface area contributed by atoms with Gasteiger partial charge in [-0.2, -0.15) is 5.26 Å². The van der Waals surface area contributed by atoms with Crippen LogP contribution in [-0.2, 0) is 10.2 Å². The van der Waals surface area contributed by atoms with Crippen LogP contribution in [0.25, 0.3) is 0 Å². The molecule has 1 aromatic rings. The van der Waals surface area contributed by atoms with Crippen LogP contribution < -0.4 is 0 Å². The van der Waals surface area contributed by atoms with Crippen LogP contribution in [0.15, 0.2) is 29.2 Å². The highest BCUT2D eigenvalue weighted by atomic mass is 32.2. The molecule has 0 heterocycles. The van der Waals surface area contributed by atoms with Crippen molar-refractivity contribution in [2.45, 2.75) is 36.3 Å². The molecule has 0 aliphatic heterocycles. The van der Waals surface area contributed by atoms with Crippen LogP contribution >= 0.6 is 11.8 Å². The summed E-state index contributed by atoms with van der Waals surface area (Å²) in [6.45, 7) is 5.60. The van der Waals surface area contributed by atoms with Gasteiger partial charge in [0.25, 0.3) is 0 Å². The maximum absolute atomic E-state index is 11.1. The number of hydrogen-bond acceptors (Lipinski definition) is 3. The van der Waals surface area contributed by atoms with Crippen LogP contribution in [0.5, 0.6) is 0 Å². The average molecular weight is 249 g/mol. The number of aliphatic carboxylic acids is 1. The van der Waals surface area contributed by atoms with Gasteiger partial charge in [-0.1, -0.05) is 26.0 Å². The van der Waals surface area contributed by atoms with E-state index >= 15 is 0 Å². The molecule has 1 rings (SSSR count). The van der Waals surface area contributed by atoms with E-state index in [1.54, 1.807) is 23.9 Å². The fourth-order valence-corrected chi connectivity index (χ4v) is 2.21. The Hall–Kier alpha value is -1.47. The molecule has 4 heteroatoms. The molecular weight excluding hydrogens is 234 g/mol. The van der Waals surface area contributed by atoms with Gasteiger partial charge in [0.1, 0.15) is 0 Å². The Morgan fingerprint density at radius 1 is 1.41 bits per heavy atom. The number of carboxylic acid groups (broad SMARTS) is 1. The number of nitriles is 1. The van der Waals surface area contributed by atoms with E-state index in [2.05, 4.69) is 13.8 Å². The summed E-state index contributed by atoms with van der Waals surface area (Å²) in [5.74, 6) is -1.12. The number of thioether (sulfide) groups is 1. The monoisotopic (exact) mass is 249 g/mol. The van der Waals surface area contributed by atoms with E-state index in [0.717, 1.165) is 4.90 Å². The molecule has 3 nitrogen and oxygen atoms in total. The van der Waals surface area contributed by atoms with Gasteiger partial charge in [-0.3, -0.25) is 4.79 Å². The first-order valence-corrected chi connectivity index (χ1v) is 6.20. The molecule has 0 saturated carbocycles. The second-order valence-electron chi connectivity index (χ2n) is 4.23. The lowest BCUT2D eigenvalue weighted by Gasteiger charge is -2.17. The number of carbonyl (C=O) groups is 1. The minimum atomic E-state index is -1.47. The Kier molecular flexibility index (Phi) is 4.19. The minimum absolute atomic E-state index is 0.475. The van der Waals surface area contributed by atoms with Crippen LogP contribution in [-0.4, -0.2) is 16.3 Å². The predicted octanol–water partition coefficient (Wildman–Crippen LogP) is 3.05. The van der Waals surface area contributed by atoms with Crippen LogP contribution in [0.1, 0.15) is 26.3 Å². The van der Waals surface area contributed by atoms with Gasteiger partial charge >= 0.3 is 5.97 Å². The van der Waals surface area contributed by atoms with Crippen molar-refractivity contribution in [1.29, 1.82) is 5.26 Å². The van der Waals surface area contributed by atoms with E-state index in [4.69, 9.17) is 10.4 Å². The molecule has 1 N–H and O–H groups in total. The number of benzene rings is 1. The summed E-state index contributed by atoms with van der Waals surface area (Å²) in [4.78, 5) is 12.2. The van der Waals surface area contributed by atoms with Gasteiger partial charge in [0.05, 0.1) is 6.07 Å². The summed E-state index contributed by atoms with van der Waals surface area (Å²) in [5, 5.41) is 18.5. The largest absolute Gasteiger partial charge is 0.480 e. The smallest absolute Gasteiger partial charge is 0.328 e. The highest BCUT2D eigenvalue weighted by Crippen LogP contribution is 2.28. The molecule has 90 valence electrons. The predicted molar refractivity (Wildman–Crippen MR) is 68.0 cm³/mol. The van der Waals surface area contributed by atoms with E-state index in [1.807, 2.05) is 18.2 Å². The van der Waals surface area contributed by atoms with E-state index in [-0.39, 0.29) is 0 Å². The van der Waals surface area contributed by atoms with Crippen molar-refractivity contribution in [3.8, 4) is 6.07 Å². The molecule has 1 aromatic carbocycles. The summed E-state index contributed by atoms with van der Waals surface area (Å²) in [7, 11) is 0. The Labute approximate surface area is 105 Å². The third kappa shape index (κ3) is 3.01. The van der Waals surface area contributed by atoms with Crippen LogP contribution in [0.3, 0.4) is 0 Å². The highest BCUT2D eigenvalue weighted by molar-refractivity contribution is 7.99. The van der Waals surface area contributed by atoms with Crippen molar-refractivity contribution in [2.75, 3.05) is 0 Å². The molecule has 0 radical (unpaired) electrons. The summed E-state index contributed by atoms with van der Waals surface area (Å²) in [6, 6.07) is 8.99. The first kappa shape index (κ1) is 13.6. The zero-order chi connectivity index (χ0) is 13.1. The molecule has 0 spiro atoms. The van der Waals surface area contributed by atoms with E-state index in [9.17, 15) is 4.79 Å². The van der Waals surface area contributed by atoms with E-state index in [0.29, 0.717) is 10.8 Å². The Balaban J connectivity index is 3.02. The Morgan fingerprint density at radius 2 is 1.94 bits per heavy atom. The SMILES string of the molecule is CC(C)Sc1ccc(C(C)(C#N)C(=O)O)cc1. The fourth-order valence-electron chi connectivity index (χ4n) is 1.37. The number of carboxylic acids is 1. The Bertz CT molecular complexity index is 447. The number of hydrogen-bond donors (Lipinski definition) is 1. The average Bonchev–Trinajstić information content (AvgIpc) is 2.28. The summed E-state index contributed by atoms with van der Waals surface area (Å²) < 4.78 is 0. The van der Waals surface area contributed by atoms with E-state index in [1.165, 1.54) is 6.92 Å². The van der Waals surface area contributed by atoms with Crippen molar-refractivity contribution in [3.05, 3.63) is 29.8 Å². The second-order valence-corrected chi connectivity index (χ2v) is 5.88. The summed E-state index contributed by atoms with van der Waals surface area (Å²) in [5.41, 5.74) is -0.957. The molecule has 0 bridgehead atoms. The van der Waals surface area contributed by atoms with Crippen molar-refractivity contribution in [3.63, 3.8) is 0 Å². The van der Waals surface area contributed by atoms with Crippen molar-refractivity contribution < 1.29 is 9.90 Å². The lowest BCUT2D eigenvalue weighted by atomic mass is 9.84. The molecule has 0 aliphatic carbocycles. The van der Waals surface area contributed by atoms with Gasteiger partial charge in [0.2, 0.25) is 0 Å². The summed E-state index contributed by atoms with van der Waals surface area (Å²) >= 11 is 1.70. The lowest BCUT2D eigenvalue weighted by Crippen LogP contribution is -2.30. The maximum Gasteiger partial charge on any atom is 0.328 e. The van der Waals surface area contributed by atoms with Crippen LogP contribution in [0.2, 0.25) is 0 Å². The van der Waals surface area contributed by atoms with Gasteiger partial charge in [-0.25, -0.2) is 0 Å². The molecule has 1 unspecified atom stereocenters. The van der Waals surface area contributed by atoms with E-state index < -0.39 is 11.4 Å². The van der Waals surface area contributed by atoms with Crippen molar-refractivity contribution in [1.82, 2.24) is 0 Å².